The number of fused-ring (bicyclic) bond motifs is 1. The molecule has 6 nitrogen and oxygen atoms in total. The Labute approximate surface area is 203 Å². The van der Waals surface area contributed by atoms with Crippen molar-refractivity contribution in [3.05, 3.63) is 95.2 Å². The lowest BCUT2D eigenvalue weighted by atomic mass is 9.96. The third kappa shape index (κ3) is 4.62. The summed E-state index contributed by atoms with van der Waals surface area (Å²) < 4.78 is 14.3. The van der Waals surface area contributed by atoms with Gasteiger partial charge in [-0.15, -0.1) is 0 Å². The fraction of sp³-hybridized carbons (Fsp3) is 0.214. The first-order valence-corrected chi connectivity index (χ1v) is 11.7. The molecule has 2 amide bonds. The topological polar surface area (TPSA) is 71.0 Å². The molecule has 35 heavy (non-hydrogen) atoms. The number of pyridine rings is 1. The van der Waals surface area contributed by atoms with Crippen LogP contribution in [0.1, 0.15) is 29.3 Å². The smallest absolute Gasteiger partial charge is 0.320 e. The summed E-state index contributed by atoms with van der Waals surface area (Å²) in [5.74, 6) is 0.171. The molecule has 0 saturated carbocycles. The Bertz CT molecular complexity index is 1390. The average molecular weight is 468 g/mol. The van der Waals surface area contributed by atoms with Crippen molar-refractivity contribution in [2.24, 2.45) is 0 Å². The Morgan fingerprint density at radius 3 is 2.74 bits per heavy atom. The molecule has 0 bridgehead atoms. The van der Waals surface area contributed by atoms with Gasteiger partial charge >= 0.3 is 6.03 Å². The van der Waals surface area contributed by atoms with E-state index >= 15 is 0 Å². The lowest BCUT2D eigenvalue weighted by Gasteiger charge is -2.30. The van der Waals surface area contributed by atoms with E-state index in [9.17, 15) is 9.18 Å². The zero-order chi connectivity index (χ0) is 24.4. The molecule has 0 saturated heterocycles. The molecule has 2 aromatic heterocycles. The number of aromatic nitrogens is 3. The van der Waals surface area contributed by atoms with E-state index in [-0.39, 0.29) is 11.7 Å². The van der Waals surface area contributed by atoms with Crippen LogP contribution in [0.4, 0.5) is 14.9 Å². The first-order valence-electron chi connectivity index (χ1n) is 11.7. The van der Waals surface area contributed by atoms with Crippen LogP contribution in [0.15, 0.2) is 67.0 Å². The van der Waals surface area contributed by atoms with E-state index in [2.05, 4.69) is 10.3 Å². The van der Waals surface area contributed by atoms with Gasteiger partial charge in [-0.05, 0) is 48.7 Å². The third-order valence-corrected chi connectivity index (χ3v) is 6.35. The number of carbonyl (C=O) groups is 1. The van der Waals surface area contributed by atoms with Crippen LogP contribution in [0.5, 0.6) is 0 Å². The van der Waals surface area contributed by atoms with Crippen molar-refractivity contribution in [2.75, 3.05) is 11.9 Å². The van der Waals surface area contributed by atoms with Crippen molar-refractivity contribution in [3.63, 3.8) is 0 Å². The highest BCUT2D eigenvalue weighted by Crippen LogP contribution is 2.32. The van der Waals surface area contributed by atoms with Gasteiger partial charge in [-0.25, -0.2) is 19.2 Å². The van der Waals surface area contributed by atoms with Gasteiger partial charge in [0.1, 0.15) is 5.82 Å². The molecular weight excluding hydrogens is 441 g/mol. The molecule has 0 fully saturated rings. The lowest BCUT2D eigenvalue weighted by molar-refractivity contribution is 0.206. The van der Waals surface area contributed by atoms with Crippen molar-refractivity contribution in [1.82, 2.24) is 19.9 Å². The van der Waals surface area contributed by atoms with Gasteiger partial charge in [0.05, 0.1) is 23.6 Å². The summed E-state index contributed by atoms with van der Waals surface area (Å²) in [4.78, 5) is 28.8. The van der Waals surface area contributed by atoms with E-state index in [1.54, 1.807) is 29.4 Å². The minimum atomic E-state index is -0.446. The Hall–Kier alpha value is -4.13. The summed E-state index contributed by atoms with van der Waals surface area (Å²) >= 11 is 0. The van der Waals surface area contributed by atoms with E-state index < -0.39 is 5.82 Å². The van der Waals surface area contributed by atoms with Crippen LogP contribution < -0.4 is 5.32 Å². The zero-order valence-corrected chi connectivity index (χ0v) is 19.8. The summed E-state index contributed by atoms with van der Waals surface area (Å²) in [5, 5.41) is 2.76. The van der Waals surface area contributed by atoms with E-state index in [1.807, 2.05) is 50.2 Å². The van der Waals surface area contributed by atoms with E-state index in [0.717, 1.165) is 45.6 Å². The SMILES string of the molecule is CCc1ccc(F)c(NC(=O)N2CCc3nc(-c4cccnc4)nc(-c4ccccc4C)c3C2)c1. The third-order valence-electron chi connectivity index (χ3n) is 6.35. The van der Waals surface area contributed by atoms with E-state index in [1.165, 1.54) is 6.07 Å². The Morgan fingerprint density at radius 2 is 1.97 bits per heavy atom. The highest BCUT2D eigenvalue weighted by molar-refractivity contribution is 5.90. The molecule has 5 rings (SSSR count). The highest BCUT2D eigenvalue weighted by atomic mass is 19.1. The fourth-order valence-corrected chi connectivity index (χ4v) is 4.36. The predicted octanol–water partition coefficient (Wildman–Crippen LogP) is 5.81. The second-order valence-electron chi connectivity index (χ2n) is 8.65. The van der Waals surface area contributed by atoms with Crippen LogP contribution in [0.3, 0.4) is 0 Å². The maximum Gasteiger partial charge on any atom is 0.322 e. The molecule has 0 spiro atoms. The number of anilines is 1. The number of carbonyl (C=O) groups excluding carboxylic acids is 1. The van der Waals surface area contributed by atoms with Crippen LogP contribution >= 0.6 is 0 Å². The summed E-state index contributed by atoms with van der Waals surface area (Å²) in [5.41, 5.74) is 6.73. The molecule has 3 heterocycles. The number of hydrogen-bond donors (Lipinski definition) is 1. The molecule has 2 aromatic carbocycles. The predicted molar refractivity (Wildman–Crippen MR) is 134 cm³/mol. The minimum absolute atomic E-state index is 0.197. The van der Waals surface area contributed by atoms with Gasteiger partial charge < -0.3 is 10.2 Å². The number of rotatable bonds is 4. The summed E-state index contributed by atoms with van der Waals surface area (Å²) in [7, 11) is 0. The van der Waals surface area contributed by atoms with Gasteiger partial charge in [-0.2, -0.15) is 0 Å². The monoisotopic (exact) mass is 467 g/mol. The lowest BCUT2D eigenvalue weighted by Crippen LogP contribution is -2.39. The molecule has 176 valence electrons. The number of nitrogens with one attached hydrogen (secondary N) is 1. The molecule has 0 atom stereocenters. The number of amides is 2. The van der Waals surface area contributed by atoms with Gasteiger partial charge in [-0.3, -0.25) is 4.98 Å². The van der Waals surface area contributed by atoms with Gasteiger partial charge in [-0.1, -0.05) is 37.3 Å². The quantitative estimate of drug-likeness (QED) is 0.411. The van der Waals surface area contributed by atoms with Crippen molar-refractivity contribution in [1.29, 1.82) is 0 Å². The molecule has 4 aromatic rings. The highest BCUT2D eigenvalue weighted by Gasteiger charge is 2.27. The molecule has 0 aliphatic carbocycles. The minimum Gasteiger partial charge on any atom is -0.320 e. The first kappa shape index (κ1) is 22.7. The molecule has 1 N–H and O–H groups in total. The number of urea groups is 1. The van der Waals surface area contributed by atoms with Crippen LogP contribution in [-0.2, 0) is 19.4 Å². The van der Waals surface area contributed by atoms with Gasteiger partial charge in [0, 0.05) is 42.0 Å². The second kappa shape index (κ2) is 9.62. The number of aryl methyl sites for hydroxylation is 2. The molecular formula is C28H26FN5O. The van der Waals surface area contributed by atoms with Crippen molar-refractivity contribution in [2.45, 2.75) is 33.2 Å². The first-order chi connectivity index (χ1) is 17.0. The maximum absolute atomic E-state index is 14.3. The van der Waals surface area contributed by atoms with Crippen LogP contribution in [0, 0.1) is 12.7 Å². The van der Waals surface area contributed by atoms with Gasteiger partial charge in [0.2, 0.25) is 0 Å². The summed E-state index contributed by atoms with van der Waals surface area (Å²) in [6.07, 6.45) is 4.82. The zero-order valence-electron chi connectivity index (χ0n) is 19.8. The summed E-state index contributed by atoms with van der Waals surface area (Å²) in [6, 6.07) is 16.3. The Kier molecular flexibility index (Phi) is 6.23. The van der Waals surface area contributed by atoms with Crippen molar-refractivity contribution < 1.29 is 9.18 Å². The largest absolute Gasteiger partial charge is 0.322 e. The molecule has 1 aliphatic heterocycles. The van der Waals surface area contributed by atoms with Crippen LogP contribution in [-0.4, -0.2) is 32.4 Å². The molecule has 7 heteroatoms. The Balaban J connectivity index is 1.51. The number of benzene rings is 2. The van der Waals surface area contributed by atoms with Crippen LogP contribution in [0.25, 0.3) is 22.6 Å². The van der Waals surface area contributed by atoms with Gasteiger partial charge in [0.15, 0.2) is 5.82 Å². The van der Waals surface area contributed by atoms with Crippen LogP contribution in [0.2, 0.25) is 0 Å². The number of nitrogens with zero attached hydrogens (tertiary/aromatic N) is 4. The molecule has 0 unspecified atom stereocenters. The van der Waals surface area contributed by atoms with Crippen molar-refractivity contribution in [3.8, 4) is 22.6 Å². The Morgan fingerprint density at radius 1 is 1.11 bits per heavy atom. The average Bonchev–Trinajstić information content (AvgIpc) is 2.90. The standard InChI is InChI=1S/C28H26FN5O/c1-3-19-10-11-23(29)25(15-19)32-28(35)34-14-12-24-22(17-34)26(21-9-5-4-7-18(21)2)33-27(31-24)20-8-6-13-30-16-20/h4-11,13,15-16H,3,12,14,17H2,1-2H3,(H,32,35). The fourth-order valence-electron chi connectivity index (χ4n) is 4.36. The maximum atomic E-state index is 14.3. The summed E-state index contributed by atoms with van der Waals surface area (Å²) in [6.45, 7) is 4.86. The normalized spacial score (nSPS) is 12.8. The van der Waals surface area contributed by atoms with E-state index in [0.29, 0.717) is 25.3 Å². The molecule has 1 aliphatic rings. The number of halogens is 1. The van der Waals surface area contributed by atoms with E-state index in [4.69, 9.17) is 9.97 Å². The van der Waals surface area contributed by atoms with Crippen molar-refractivity contribution >= 4 is 11.7 Å². The number of hydrogen-bond acceptors (Lipinski definition) is 4. The second-order valence-corrected chi connectivity index (χ2v) is 8.65. The molecule has 0 radical (unpaired) electrons. The van der Waals surface area contributed by atoms with Gasteiger partial charge in [0.25, 0.3) is 0 Å².